The van der Waals surface area contributed by atoms with E-state index in [2.05, 4.69) is 9.87 Å². The van der Waals surface area contributed by atoms with Crippen molar-refractivity contribution in [3.8, 4) is 4.97 Å². The number of hydrogen-bond donors (Lipinski definition) is 0. The topological polar surface area (TPSA) is 56.5 Å². The number of carbonyl (C=O) groups is 1. The molecular formula is C24H27N3OSe. The van der Waals surface area contributed by atoms with Gasteiger partial charge in [-0.05, 0) is 0 Å². The van der Waals surface area contributed by atoms with Gasteiger partial charge in [0.15, 0.2) is 0 Å². The Balaban J connectivity index is 1.53. The second-order valence-corrected chi connectivity index (χ2v) is 11.4. The molecule has 4 nitrogen and oxygen atoms in total. The van der Waals surface area contributed by atoms with E-state index in [4.69, 9.17) is 4.99 Å². The fraction of sp³-hybridized carbons (Fsp3) is 0.625. The van der Waals surface area contributed by atoms with E-state index in [-0.39, 0.29) is 11.4 Å². The van der Waals surface area contributed by atoms with Crippen molar-refractivity contribution in [3.05, 3.63) is 33.6 Å². The van der Waals surface area contributed by atoms with Crippen LogP contribution < -0.4 is 0 Å². The molecule has 2 saturated carbocycles. The molecule has 0 N–H and O–H groups in total. The van der Waals surface area contributed by atoms with Gasteiger partial charge in [0.2, 0.25) is 0 Å². The summed E-state index contributed by atoms with van der Waals surface area (Å²) in [6.07, 6.45) is 17.5. The minimum absolute atomic E-state index is 0.0315. The molecule has 0 aromatic carbocycles. The zero-order valence-corrected chi connectivity index (χ0v) is 18.5. The van der Waals surface area contributed by atoms with Crippen LogP contribution in [-0.4, -0.2) is 37.0 Å². The first-order valence-electron chi connectivity index (χ1n) is 11.4. The molecule has 4 atom stereocenters. The van der Waals surface area contributed by atoms with Crippen LogP contribution in [0.2, 0.25) is 0 Å². The number of nitriles is 1. The molecule has 0 bridgehead atoms. The van der Waals surface area contributed by atoms with Crippen molar-refractivity contribution in [1.29, 1.82) is 5.26 Å². The van der Waals surface area contributed by atoms with Crippen LogP contribution in [0.1, 0.15) is 70.6 Å². The number of nitrogens with zero attached hydrogens (tertiary/aromatic N) is 3. The van der Waals surface area contributed by atoms with Crippen molar-refractivity contribution in [2.24, 2.45) is 22.7 Å². The summed E-state index contributed by atoms with van der Waals surface area (Å²) >= 11 is -0.451. The van der Waals surface area contributed by atoms with Crippen molar-refractivity contribution >= 4 is 26.5 Å². The zero-order valence-electron chi connectivity index (χ0n) is 16.8. The Morgan fingerprint density at radius 3 is 2.69 bits per heavy atom. The summed E-state index contributed by atoms with van der Waals surface area (Å²) in [7, 11) is 0. The fourth-order valence-electron chi connectivity index (χ4n) is 7.13. The van der Waals surface area contributed by atoms with Crippen LogP contribution in [-0.2, 0) is 4.79 Å². The molecular weight excluding hydrogens is 425 g/mol. The Hall–Kier alpha value is -1.63. The van der Waals surface area contributed by atoms with E-state index in [0.717, 1.165) is 40.6 Å². The van der Waals surface area contributed by atoms with Crippen molar-refractivity contribution < 1.29 is 4.79 Å². The molecule has 0 aromatic rings. The molecule has 29 heavy (non-hydrogen) atoms. The summed E-state index contributed by atoms with van der Waals surface area (Å²) < 4.78 is 0.738. The van der Waals surface area contributed by atoms with Crippen molar-refractivity contribution in [2.45, 2.75) is 76.3 Å². The Bertz CT molecular complexity index is 952. The van der Waals surface area contributed by atoms with Gasteiger partial charge in [-0.15, -0.1) is 0 Å². The Morgan fingerprint density at radius 2 is 1.86 bits per heavy atom. The molecule has 4 aliphatic carbocycles. The third kappa shape index (κ3) is 2.55. The van der Waals surface area contributed by atoms with Gasteiger partial charge in [-0.3, -0.25) is 0 Å². The van der Waals surface area contributed by atoms with Gasteiger partial charge in [0.05, 0.1) is 0 Å². The van der Waals surface area contributed by atoms with Crippen molar-refractivity contribution in [1.82, 2.24) is 4.90 Å². The first kappa shape index (κ1) is 18.2. The van der Waals surface area contributed by atoms with E-state index in [9.17, 15) is 10.1 Å². The molecule has 0 radical (unpaired) electrons. The fourth-order valence-corrected chi connectivity index (χ4v) is 8.29. The molecule has 2 aliphatic heterocycles. The number of fused-ring (bicyclic) bond motifs is 4. The van der Waals surface area contributed by atoms with E-state index in [1.165, 1.54) is 63.5 Å². The van der Waals surface area contributed by atoms with Gasteiger partial charge in [-0.25, -0.2) is 0 Å². The first-order chi connectivity index (χ1) is 14.2. The molecule has 2 heterocycles. The van der Waals surface area contributed by atoms with E-state index < -0.39 is 15.0 Å². The number of allylic oxidation sites excluding steroid dienone is 5. The quantitative estimate of drug-likeness (QED) is 0.437. The van der Waals surface area contributed by atoms with Gasteiger partial charge in [0.1, 0.15) is 0 Å². The molecule has 5 heteroatoms. The molecule has 6 rings (SSSR count). The predicted octanol–water partition coefficient (Wildman–Crippen LogP) is 4.42. The average molecular weight is 452 g/mol. The summed E-state index contributed by atoms with van der Waals surface area (Å²) in [6.45, 7) is 0. The molecule has 6 aliphatic rings. The molecule has 1 spiro atoms. The van der Waals surface area contributed by atoms with Crippen LogP contribution >= 0.6 is 0 Å². The number of carbonyl (C=O) groups excluding carboxylic acids is 1. The summed E-state index contributed by atoms with van der Waals surface area (Å²) in [4.78, 5) is 23.0. The monoisotopic (exact) mass is 453 g/mol. The van der Waals surface area contributed by atoms with Gasteiger partial charge >= 0.3 is 179 Å². The van der Waals surface area contributed by atoms with Crippen LogP contribution in [0.5, 0.6) is 0 Å². The first-order valence-corrected chi connectivity index (χ1v) is 13.1. The van der Waals surface area contributed by atoms with Crippen LogP contribution in [0.15, 0.2) is 38.6 Å². The van der Waals surface area contributed by atoms with Crippen molar-refractivity contribution in [3.63, 3.8) is 0 Å². The summed E-state index contributed by atoms with van der Waals surface area (Å²) in [5, 5.41) is 9.47. The Morgan fingerprint density at radius 1 is 1.07 bits per heavy atom. The summed E-state index contributed by atoms with van der Waals surface area (Å²) in [5.41, 5.74) is 4.96. The van der Waals surface area contributed by atoms with Gasteiger partial charge in [-0.2, -0.15) is 0 Å². The second-order valence-electron chi connectivity index (χ2n) is 9.69. The Labute approximate surface area is 179 Å². The number of aliphatic imine (C=N–C) groups is 1. The summed E-state index contributed by atoms with van der Waals surface area (Å²) in [5.74, 6) is 2.25. The van der Waals surface area contributed by atoms with Crippen molar-refractivity contribution in [2.75, 3.05) is 0 Å². The maximum absolute atomic E-state index is 12.8. The average Bonchev–Trinajstić information content (AvgIpc) is 3.07. The van der Waals surface area contributed by atoms with Crippen LogP contribution in [0.25, 0.3) is 0 Å². The van der Waals surface area contributed by atoms with E-state index in [1.807, 2.05) is 6.08 Å². The molecule has 0 aromatic heterocycles. The van der Waals surface area contributed by atoms with E-state index in [1.54, 1.807) is 11.6 Å². The zero-order chi connectivity index (χ0) is 19.6. The van der Waals surface area contributed by atoms with E-state index >= 15 is 0 Å². The van der Waals surface area contributed by atoms with Crippen LogP contribution in [0, 0.1) is 28.0 Å². The minimum atomic E-state index is -0.451. The van der Waals surface area contributed by atoms with Gasteiger partial charge in [0.25, 0.3) is 0 Å². The standard InChI is InChI=1S/C24H27N3OSe/c25-14-29-23-21(28)9-8-19-22(23)27-20-13-16-6-2-1-5-15(16)11-17(20)12-18-7-3-4-10-24(18,27)26-19/h8-9,15-16,18H,1-7,10-13H2. The number of rotatable bonds is 1. The number of hydrogen-bond acceptors (Lipinski definition) is 4. The normalized spacial score (nSPS) is 37.9. The third-order valence-electron chi connectivity index (χ3n) is 8.35. The van der Waals surface area contributed by atoms with Crippen LogP contribution in [0.4, 0.5) is 0 Å². The predicted molar refractivity (Wildman–Crippen MR) is 113 cm³/mol. The van der Waals surface area contributed by atoms with Gasteiger partial charge in [-0.1, -0.05) is 0 Å². The van der Waals surface area contributed by atoms with Crippen LogP contribution in [0.3, 0.4) is 0 Å². The number of ketones is 1. The summed E-state index contributed by atoms with van der Waals surface area (Å²) in [6, 6.07) is 0. The second kappa shape index (κ2) is 6.69. The maximum atomic E-state index is 12.8. The van der Waals surface area contributed by atoms with E-state index in [0.29, 0.717) is 5.92 Å². The van der Waals surface area contributed by atoms with Gasteiger partial charge < -0.3 is 0 Å². The Kier molecular flexibility index (Phi) is 4.19. The SMILES string of the molecule is N#C[Se]C1=C2C(=NC34CCCCC3CC3=C(CC5CCCCC5C3)N24)C=CC1=O. The third-order valence-corrected chi connectivity index (χ3v) is 9.80. The molecule has 0 saturated heterocycles. The molecule has 2 fully saturated rings. The molecule has 4 unspecified atom stereocenters. The van der Waals surface area contributed by atoms with Gasteiger partial charge in [0, 0.05) is 0 Å². The molecule has 0 amide bonds. The molecule has 150 valence electrons.